The summed E-state index contributed by atoms with van der Waals surface area (Å²) in [4.78, 5) is 22.3. The van der Waals surface area contributed by atoms with E-state index in [0.29, 0.717) is 12.2 Å². The van der Waals surface area contributed by atoms with Crippen LogP contribution in [0.5, 0.6) is 0 Å². The Morgan fingerprint density at radius 2 is 2.07 bits per heavy atom. The number of esters is 1. The van der Waals surface area contributed by atoms with Gasteiger partial charge in [0.25, 0.3) is 0 Å². The zero-order valence-electron chi connectivity index (χ0n) is 8.92. The van der Waals surface area contributed by atoms with Crippen molar-refractivity contribution in [2.45, 2.75) is 33.2 Å². The highest BCUT2D eigenvalue weighted by molar-refractivity contribution is 5.94. The lowest BCUT2D eigenvalue weighted by Gasteiger charge is -2.12. The van der Waals surface area contributed by atoms with Crippen LogP contribution in [0.1, 0.15) is 27.2 Å². The molecule has 0 saturated heterocycles. The van der Waals surface area contributed by atoms with Crippen LogP contribution in [0.3, 0.4) is 0 Å². The van der Waals surface area contributed by atoms with Crippen LogP contribution >= 0.6 is 0 Å². The molecule has 0 rings (SSSR count). The molecule has 14 heavy (non-hydrogen) atoms. The summed E-state index contributed by atoms with van der Waals surface area (Å²) in [5.74, 6) is -0.743. The normalized spacial score (nSPS) is 11.6. The van der Waals surface area contributed by atoms with Gasteiger partial charge in [-0.2, -0.15) is 0 Å². The van der Waals surface area contributed by atoms with Crippen LogP contribution in [0.4, 0.5) is 0 Å². The lowest BCUT2D eigenvalue weighted by atomic mass is 10.3. The average molecular weight is 199 g/mol. The maximum absolute atomic E-state index is 11.2. The lowest BCUT2D eigenvalue weighted by molar-refractivity contribution is -0.147. The molecule has 0 aliphatic carbocycles. The van der Waals surface area contributed by atoms with E-state index in [9.17, 15) is 9.59 Å². The van der Waals surface area contributed by atoms with E-state index in [1.54, 1.807) is 13.8 Å². The zero-order chi connectivity index (χ0) is 11.1. The van der Waals surface area contributed by atoms with Crippen molar-refractivity contribution < 1.29 is 14.3 Å². The summed E-state index contributed by atoms with van der Waals surface area (Å²) in [5.41, 5.74) is 0.375. The van der Waals surface area contributed by atoms with Gasteiger partial charge >= 0.3 is 5.97 Å². The standard InChI is InChI=1S/C10H17NO3/c1-5-6-14-10(13)8(4)11-9(12)7(2)3/h8H,2,5-6H2,1,3-4H3,(H,11,12)/t8-/m0/s1. The second-order valence-corrected chi connectivity index (χ2v) is 3.14. The highest BCUT2D eigenvalue weighted by atomic mass is 16.5. The first kappa shape index (κ1) is 12.7. The Balaban J connectivity index is 3.95. The number of carbonyl (C=O) groups is 2. The van der Waals surface area contributed by atoms with Gasteiger partial charge in [0.1, 0.15) is 6.04 Å². The molecule has 0 radical (unpaired) electrons. The van der Waals surface area contributed by atoms with Gasteiger partial charge in [-0.25, -0.2) is 4.79 Å². The Hall–Kier alpha value is -1.32. The summed E-state index contributed by atoms with van der Waals surface area (Å²) in [5, 5.41) is 2.47. The molecule has 0 aromatic carbocycles. The predicted octanol–water partition coefficient (Wildman–Crippen LogP) is 1.02. The predicted molar refractivity (Wildman–Crippen MR) is 53.7 cm³/mol. The molecule has 0 bridgehead atoms. The molecule has 0 heterocycles. The lowest BCUT2D eigenvalue weighted by Crippen LogP contribution is -2.39. The molecule has 0 unspecified atom stereocenters. The SMILES string of the molecule is C=C(C)C(=O)N[C@@H](C)C(=O)OCCC. The third kappa shape index (κ3) is 4.64. The number of rotatable bonds is 5. The molecular weight excluding hydrogens is 182 g/mol. The second kappa shape index (κ2) is 6.18. The van der Waals surface area contributed by atoms with Gasteiger partial charge in [0, 0.05) is 5.57 Å². The molecule has 0 aromatic heterocycles. The minimum Gasteiger partial charge on any atom is -0.464 e. The van der Waals surface area contributed by atoms with E-state index < -0.39 is 12.0 Å². The van der Waals surface area contributed by atoms with E-state index in [2.05, 4.69) is 11.9 Å². The van der Waals surface area contributed by atoms with Crippen LogP contribution in [0, 0.1) is 0 Å². The van der Waals surface area contributed by atoms with Gasteiger partial charge in [-0.15, -0.1) is 0 Å². The molecule has 0 saturated carbocycles. The maximum atomic E-state index is 11.2. The van der Waals surface area contributed by atoms with E-state index in [-0.39, 0.29) is 5.91 Å². The van der Waals surface area contributed by atoms with Crippen molar-refractivity contribution in [3.63, 3.8) is 0 Å². The fourth-order valence-electron chi connectivity index (χ4n) is 0.706. The molecular formula is C10H17NO3. The first-order chi connectivity index (χ1) is 6.49. The van der Waals surface area contributed by atoms with Crippen molar-refractivity contribution in [1.29, 1.82) is 0 Å². The van der Waals surface area contributed by atoms with E-state index >= 15 is 0 Å². The van der Waals surface area contributed by atoms with Crippen LogP contribution in [0.25, 0.3) is 0 Å². The molecule has 1 amide bonds. The fourth-order valence-corrected chi connectivity index (χ4v) is 0.706. The number of carbonyl (C=O) groups excluding carboxylic acids is 2. The van der Waals surface area contributed by atoms with Gasteiger partial charge in [0.2, 0.25) is 5.91 Å². The van der Waals surface area contributed by atoms with Gasteiger partial charge in [0.15, 0.2) is 0 Å². The van der Waals surface area contributed by atoms with Gasteiger partial charge < -0.3 is 10.1 Å². The second-order valence-electron chi connectivity index (χ2n) is 3.14. The molecule has 1 N–H and O–H groups in total. The van der Waals surface area contributed by atoms with Crippen molar-refractivity contribution in [3.05, 3.63) is 12.2 Å². The molecule has 80 valence electrons. The number of hydrogen-bond acceptors (Lipinski definition) is 3. The summed E-state index contributed by atoms with van der Waals surface area (Å²) in [7, 11) is 0. The summed E-state index contributed by atoms with van der Waals surface area (Å²) in [6.45, 7) is 8.92. The van der Waals surface area contributed by atoms with E-state index in [1.165, 1.54) is 0 Å². The fraction of sp³-hybridized carbons (Fsp3) is 0.600. The molecule has 0 aromatic rings. The molecule has 0 aliphatic heterocycles. The molecule has 0 aliphatic rings. The van der Waals surface area contributed by atoms with Crippen LogP contribution < -0.4 is 5.32 Å². The Bertz CT molecular complexity index is 236. The summed E-state index contributed by atoms with van der Waals surface area (Å²) >= 11 is 0. The topological polar surface area (TPSA) is 55.4 Å². The molecule has 0 spiro atoms. The molecule has 4 nitrogen and oxygen atoms in total. The highest BCUT2D eigenvalue weighted by Crippen LogP contribution is 1.93. The minimum absolute atomic E-state index is 0.328. The Morgan fingerprint density at radius 3 is 2.50 bits per heavy atom. The first-order valence-corrected chi connectivity index (χ1v) is 4.62. The van der Waals surface area contributed by atoms with E-state index in [4.69, 9.17) is 4.74 Å². The summed E-state index contributed by atoms with van der Waals surface area (Å²) in [6.07, 6.45) is 0.771. The Morgan fingerprint density at radius 1 is 1.50 bits per heavy atom. The quantitative estimate of drug-likeness (QED) is 0.531. The van der Waals surface area contributed by atoms with Crippen molar-refractivity contribution >= 4 is 11.9 Å². The van der Waals surface area contributed by atoms with Crippen LogP contribution in [0.15, 0.2) is 12.2 Å². The third-order valence-electron chi connectivity index (χ3n) is 1.54. The van der Waals surface area contributed by atoms with Crippen LogP contribution in [0.2, 0.25) is 0 Å². The van der Waals surface area contributed by atoms with Gasteiger partial charge in [-0.3, -0.25) is 4.79 Å². The summed E-state index contributed by atoms with van der Waals surface area (Å²) in [6, 6.07) is -0.620. The monoisotopic (exact) mass is 199 g/mol. The first-order valence-electron chi connectivity index (χ1n) is 4.62. The number of ether oxygens (including phenoxy) is 1. The van der Waals surface area contributed by atoms with Gasteiger partial charge in [-0.1, -0.05) is 13.5 Å². The van der Waals surface area contributed by atoms with E-state index in [0.717, 1.165) is 6.42 Å². The molecule has 0 fully saturated rings. The van der Waals surface area contributed by atoms with Crippen molar-refractivity contribution in [3.8, 4) is 0 Å². The van der Waals surface area contributed by atoms with Gasteiger partial charge in [-0.05, 0) is 20.3 Å². The molecule has 4 heteroatoms. The smallest absolute Gasteiger partial charge is 0.328 e. The Labute approximate surface area is 84.3 Å². The third-order valence-corrected chi connectivity index (χ3v) is 1.54. The molecule has 1 atom stereocenters. The van der Waals surface area contributed by atoms with Crippen molar-refractivity contribution in [2.24, 2.45) is 0 Å². The number of amides is 1. The van der Waals surface area contributed by atoms with Crippen molar-refractivity contribution in [1.82, 2.24) is 5.32 Å². The average Bonchev–Trinajstić information content (AvgIpc) is 2.13. The highest BCUT2D eigenvalue weighted by Gasteiger charge is 2.16. The minimum atomic E-state index is -0.620. The zero-order valence-corrected chi connectivity index (χ0v) is 8.92. The van der Waals surface area contributed by atoms with Gasteiger partial charge in [0.05, 0.1) is 6.61 Å². The van der Waals surface area contributed by atoms with Crippen LogP contribution in [-0.2, 0) is 14.3 Å². The summed E-state index contributed by atoms with van der Waals surface area (Å²) < 4.78 is 4.85. The Kier molecular flexibility index (Phi) is 5.60. The number of nitrogens with one attached hydrogen (secondary N) is 1. The van der Waals surface area contributed by atoms with Crippen LogP contribution in [-0.4, -0.2) is 24.5 Å². The number of hydrogen-bond donors (Lipinski definition) is 1. The maximum Gasteiger partial charge on any atom is 0.328 e. The van der Waals surface area contributed by atoms with Crippen molar-refractivity contribution in [2.75, 3.05) is 6.61 Å². The van der Waals surface area contributed by atoms with E-state index in [1.807, 2.05) is 6.92 Å². The largest absolute Gasteiger partial charge is 0.464 e.